The van der Waals surface area contributed by atoms with Crippen molar-refractivity contribution in [2.45, 2.75) is 25.7 Å². The van der Waals surface area contributed by atoms with Gasteiger partial charge in [-0.15, -0.1) is 0 Å². The molecule has 126 valence electrons. The molecule has 2 heterocycles. The van der Waals surface area contributed by atoms with Gasteiger partial charge in [-0.3, -0.25) is 15.1 Å². The van der Waals surface area contributed by atoms with Gasteiger partial charge in [0.25, 0.3) is 5.91 Å². The van der Waals surface area contributed by atoms with Crippen LogP contribution in [0.25, 0.3) is 0 Å². The maximum atomic E-state index is 12.0. The number of anilines is 1. The van der Waals surface area contributed by atoms with E-state index in [0.717, 1.165) is 48.3 Å². The van der Waals surface area contributed by atoms with E-state index in [0.29, 0.717) is 15.8 Å². The van der Waals surface area contributed by atoms with Crippen LogP contribution < -0.4 is 10.1 Å². The molecule has 1 N–H and O–H groups in total. The predicted molar refractivity (Wildman–Crippen MR) is 88.5 cm³/mol. The lowest BCUT2D eigenvalue weighted by Crippen LogP contribution is -2.21. The third-order valence-corrected chi connectivity index (χ3v) is 4.58. The zero-order valence-electron chi connectivity index (χ0n) is 13.2. The molecule has 2 aromatic rings. The molecule has 7 nitrogen and oxygen atoms in total. The van der Waals surface area contributed by atoms with E-state index in [1.54, 1.807) is 12.3 Å². The number of carbonyl (C=O) groups excluding carboxylic acids is 2. The lowest BCUT2D eigenvalue weighted by molar-refractivity contribution is -0.118. The number of methoxy groups -OCH3 is 1. The second kappa shape index (κ2) is 7.39. The highest BCUT2D eigenvalue weighted by molar-refractivity contribution is 7.17. The third-order valence-electron chi connectivity index (χ3n) is 3.69. The summed E-state index contributed by atoms with van der Waals surface area (Å²) < 4.78 is 10.2. The second-order valence-corrected chi connectivity index (χ2v) is 6.33. The molecular formula is C16H17N3O4S. The summed E-state index contributed by atoms with van der Waals surface area (Å²) in [6.45, 7) is -0.121. The highest BCUT2D eigenvalue weighted by Crippen LogP contribution is 2.28. The van der Waals surface area contributed by atoms with Crippen LogP contribution >= 0.6 is 11.3 Å². The summed E-state index contributed by atoms with van der Waals surface area (Å²) in [7, 11) is 1.30. The van der Waals surface area contributed by atoms with Gasteiger partial charge in [0.1, 0.15) is 10.6 Å². The third kappa shape index (κ3) is 3.70. The topological polar surface area (TPSA) is 90.4 Å². The van der Waals surface area contributed by atoms with Crippen molar-refractivity contribution in [3.05, 3.63) is 34.6 Å². The summed E-state index contributed by atoms with van der Waals surface area (Å²) in [6.07, 6.45) is 7.20. The van der Waals surface area contributed by atoms with Gasteiger partial charge in [-0.25, -0.2) is 9.78 Å². The van der Waals surface area contributed by atoms with E-state index in [9.17, 15) is 9.59 Å². The Labute approximate surface area is 143 Å². The molecule has 0 unspecified atom stereocenters. The first-order valence-corrected chi connectivity index (χ1v) is 8.42. The van der Waals surface area contributed by atoms with Crippen molar-refractivity contribution in [3.8, 4) is 5.75 Å². The zero-order valence-corrected chi connectivity index (χ0v) is 14.0. The Kier molecular flexibility index (Phi) is 5.05. The van der Waals surface area contributed by atoms with Crippen LogP contribution in [0.2, 0.25) is 0 Å². The summed E-state index contributed by atoms with van der Waals surface area (Å²) >= 11 is 1.06. The van der Waals surface area contributed by atoms with Crippen molar-refractivity contribution in [1.29, 1.82) is 0 Å². The van der Waals surface area contributed by atoms with Crippen LogP contribution in [-0.2, 0) is 22.4 Å². The first-order valence-electron chi connectivity index (χ1n) is 7.61. The van der Waals surface area contributed by atoms with Crippen molar-refractivity contribution in [2.75, 3.05) is 19.0 Å². The zero-order chi connectivity index (χ0) is 16.9. The molecule has 24 heavy (non-hydrogen) atoms. The molecule has 0 aliphatic heterocycles. The van der Waals surface area contributed by atoms with E-state index in [1.807, 2.05) is 0 Å². The van der Waals surface area contributed by atoms with Crippen LogP contribution in [-0.4, -0.2) is 35.6 Å². The van der Waals surface area contributed by atoms with Gasteiger partial charge in [0.05, 0.1) is 13.3 Å². The van der Waals surface area contributed by atoms with Crippen LogP contribution in [0.5, 0.6) is 5.75 Å². The number of thiazole rings is 1. The van der Waals surface area contributed by atoms with Crippen molar-refractivity contribution in [3.63, 3.8) is 0 Å². The lowest BCUT2D eigenvalue weighted by atomic mass is 9.95. The second-order valence-electron chi connectivity index (χ2n) is 5.30. The maximum Gasteiger partial charge on any atom is 0.349 e. The molecule has 1 aliphatic carbocycles. The molecule has 0 radical (unpaired) electrons. The van der Waals surface area contributed by atoms with Gasteiger partial charge < -0.3 is 9.47 Å². The summed E-state index contributed by atoms with van der Waals surface area (Å²) in [5.74, 6) is -0.0981. The number of fused-ring (bicyclic) bond motifs is 1. The van der Waals surface area contributed by atoms with Gasteiger partial charge in [0, 0.05) is 17.5 Å². The summed E-state index contributed by atoms with van der Waals surface area (Å²) in [6, 6.07) is 1.79. The molecule has 1 aliphatic rings. The van der Waals surface area contributed by atoms with E-state index in [-0.39, 0.29) is 12.5 Å². The summed E-state index contributed by atoms with van der Waals surface area (Å²) in [5, 5.41) is 2.95. The quantitative estimate of drug-likeness (QED) is 0.834. The molecule has 0 aromatic carbocycles. The van der Waals surface area contributed by atoms with Crippen molar-refractivity contribution < 1.29 is 19.1 Å². The van der Waals surface area contributed by atoms with Crippen LogP contribution in [0.1, 0.15) is 33.8 Å². The largest absolute Gasteiger partial charge is 0.483 e. The number of nitrogens with zero attached hydrogens (tertiary/aromatic N) is 2. The highest BCUT2D eigenvalue weighted by Gasteiger charge is 2.17. The number of hydrogen-bond donors (Lipinski definition) is 1. The number of pyridine rings is 1. The van der Waals surface area contributed by atoms with Crippen LogP contribution in [0.3, 0.4) is 0 Å². The number of amides is 1. The number of carbonyl (C=O) groups is 2. The molecule has 3 rings (SSSR count). The fourth-order valence-corrected chi connectivity index (χ4v) is 3.30. The minimum Gasteiger partial charge on any atom is -0.483 e. The van der Waals surface area contributed by atoms with Crippen molar-refractivity contribution in [1.82, 2.24) is 9.97 Å². The first-order chi connectivity index (χ1) is 11.7. The highest BCUT2D eigenvalue weighted by atomic mass is 32.1. The van der Waals surface area contributed by atoms with Crippen molar-refractivity contribution in [2.24, 2.45) is 0 Å². The van der Waals surface area contributed by atoms with Crippen LogP contribution in [0.4, 0.5) is 5.13 Å². The molecule has 8 heteroatoms. The summed E-state index contributed by atoms with van der Waals surface area (Å²) in [5.41, 5.74) is 2.15. The van der Waals surface area contributed by atoms with E-state index in [1.165, 1.54) is 13.3 Å². The van der Waals surface area contributed by atoms with Crippen molar-refractivity contribution >= 4 is 28.3 Å². The standard InChI is InChI=1S/C16H17N3O4S/c1-22-15(21)13-8-18-16(24-13)19-14(20)9-23-12-6-7-17-11-5-3-2-4-10(11)12/h6-8H,2-5,9H2,1H3,(H,18,19,20). The van der Waals surface area contributed by atoms with Gasteiger partial charge in [-0.2, -0.15) is 0 Å². The fraction of sp³-hybridized carbons (Fsp3) is 0.375. The molecule has 2 aromatic heterocycles. The normalized spacial score (nSPS) is 13.0. The molecule has 1 amide bonds. The Morgan fingerprint density at radius 2 is 2.12 bits per heavy atom. The monoisotopic (exact) mass is 347 g/mol. The summed E-state index contributed by atoms with van der Waals surface area (Å²) in [4.78, 5) is 32.0. The average Bonchev–Trinajstić information content (AvgIpc) is 3.07. The van der Waals surface area contributed by atoms with Gasteiger partial charge in [0.2, 0.25) is 0 Å². The number of hydrogen-bond acceptors (Lipinski definition) is 7. The number of esters is 1. The lowest BCUT2D eigenvalue weighted by Gasteiger charge is -2.18. The molecule has 0 atom stereocenters. The Morgan fingerprint density at radius 3 is 2.96 bits per heavy atom. The maximum absolute atomic E-state index is 12.0. The van der Waals surface area contributed by atoms with E-state index >= 15 is 0 Å². The molecule has 0 bridgehead atoms. The SMILES string of the molecule is COC(=O)c1cnc(NC(=O)COc2ccnc3c2CCCC3)s1. The average molecular weight is 347 g/mol. The number of nitrogens with one attached hydrogen (secondary N) is 1. The Bertz CT molecular complexity index is 760. The minimum atomic E-state index is -0.479. The minimum absolute atomic E-state index is 0.121. The Hall–Kier alpha value is -2.48. The molecule has 0 saturated carbocycles. The predicted octanol–water partition coefficient (Wildman–Crippen LogP) is 2.22. The van der Waals surface area contributed by atoms with Gasteiger partial charge in [0.15, 0.2) is 11.7 Å². The van der Waals surface area contributed by atoms with E-state index in [4.69, 9.17) is 4.74 Å². The number of ether oxygens (including phenoxy) is 2. The first kappa shape index (κ1) is 16.4. The van der Waals surface area contributed by atoms with Gasteiger partial charge in [-0.05, 0) is 31.7 Å². The van der Waals surface area contributed by atoms with Gasteiger partial charge >= 0.3 is 5.97 Å². The van der Waals surface area contributed by atoms with Crippen LogP contribution in [0.15, 0.2) is 18.5 Å². The Morgan fingerprint density at radius 1 is 1.29 bits per heavy atom. The van der Waals surface area contributed by atoms with Crippen LogP contribution in [0, 0.1) is 0 Å². The fourth-order valence-electron chi connectivity index (χ4n) is 2.55. The molecule has 0 saturated heterocycles. The number of aryl methyl sites for hydroxylation is 1. The van der Waals surface area contributed by atoms with E-state index in [2.05, 4.69) is 20.0 Å². The molecular weight excluding hydrogens is 330 g/mol. The smallest absolute Gasteiger partial charge is 0.349 e. The molecule has 0 fully saturated rings. The number of aromatic nitrogens is 2. The molecule has 0 spiro atoms. The number of rotatable bonds is 5. The van der Waals surface area contributed by atoms with E-state index < -0.39 is 5.97 Å². The Balaban J connectivity index is 1.58. The van der Waals surface area contributed by atoms with Gasteiger partial charge in [-0.1, -0.05) is 11.3 Å².